The monoisotopic (exact) mass is 639 g/mol. The average molecular weight is 639 g/mol. The molecule has 0 bridgehead atoms. The summed E-state index contributed by atoms with van der Waals surface area (Å²) in [4.78, 5) is 33.8. The predicted octanol–water partition coefficient (Wildman–Crippen LogP) is 1.66. The molecule has 2 aliphatic heterocycles. The van der Waals surface area contributed by atoms with Crippen molar-refractivity contribution in [2.75, 3.05) is 58.9 Å². The molecule has 3 rings (SSSR count). The van der Waals surface area contributed by atoms with Gasteiger partial charge in [-0.2, -0.15) is 0 Å². The van der Waals surface area contributed by atoms with E-state index in [-0.39, 0.29) is 29.6 Å². The Labute approximate surface area is 274 Å². The van der Waals surface area contributed by atoms with Gasteiger partial charge in [0, 0.05) is 81.1 Å². The number of nitrogens with two attached hydrogens (primary N) is 1. The van der Waals surface area contributed by atoms with Gasteiger partial charge in [0.05, 0.1) is 0 Å². The molecule has 0 radical (unpaired) electrons. The van der Waals surface area contributed by atoms with Crippen LogP contribution in [-0.4, -0.2) is 101 Å². The summed E-state index contributed by atoms with van der Waals surface area (Å²) >= 11 is 0. The van der Waals surface area contributed by atoms with Gasteiger partial charge in [-0.05, 0) is 71.1 Å². The van der Waals surface area contributed by atoms with Gasteiger partial charge in [0.15, 0.2) is 0 Å². The van der Waals surface area contributed by atoms with E-state index in [1.165, 1.54) is 32.1 Å². The van der Waals surface area contributed by atoms with E-state index in [0.717, 1.165) is 78.0 Å². The highest BCUT2D eigenvalue weighted by Crippen LogP contribution is 2.16. The third-order valence-corrected chi connectivity index (χ3v) is 8.55. The Hall–Kier alpha value is -1.63. The second-order valence-corrected chi connectivity index (χ2v) is 13.8. The number of piperidine rings is 1. The minimum absolute atomic E-state index is 0.0723. The molecule has 2 amide bonds. The van der Waals surface area contributed by atoms with Crippen LogP contribution in [0.15, 0.2) is 0 Å². The lowest BCUT2D eigenvalue weighted by molar-refractivity contribution is -0.124. The summed E-state index contributed by atoms with van der Waals surface area (Å²) < 4.78 is 0. The van der Waals surface area contributed by atoms with Gasteiger partial charge in [-0.25, -0.2) is 0 Å². The summed E-state index contributed by atoms with van der Waals surface area (Å²) in [5.41, 5.74) is 5.91. The maximum absolute atomic E-state index is 11.4. The smallest absolute Gasteiger partial charge is 0.222 e. The van der Waals surface area contributed by atoms with E-state index < -0.39 is 0 Å². The molecule has 1 aliphatic carbocycles. The topological polar surface area (TPSA) is 161 Å². The maximum atomic E-state index is 11.4. The summed E-state index contributed by atoms with van der Waals surface area (Å²) in [5.74, 6) is 1.01. The van der Waals surface area contributed by atoms with E-state index in [2.05, 4.69) is 37.2 Å². The van der Waals surface area contributed by atoms with Crippen LogP contribution < -0.4 is 43.0 Å². The van der Waals surface area contributed by atoms with Crippen molar-refractivity contribution >= 4 is 17.6 Å². The van der Waals surface area contributed by atoms with Crippen molar-refractivity contribution in [1.29, 1.82) is 0 Å². The van der Waals surface area contributed by atoms with E-state index in [0.29, 0.717) is 36.5 Å². The molecule has 0 aromatic carbocycles. The molecule has 11 heteroatoms. The summed E-state index contributed by atoms with van der Waals surface area (Å²) in [5, 5.41) is 22.8. The minimum atomic E-state index is 0.0723. The van der Waals surface area contributed by atoms with E-state index in [9.17, 15) is 14.4 Å². The number of rotatable bonds is 16. The van der Waals surface area contributed by atoms with Gasteiger partial charge in [-0.1, -0.05) is 48.0 Å². The van der Waals surface area contributed by atoms with Crippen LogP contribution in [0.2, 0.25) is 0 Å². The fourth-order valence-electron chi connectivity index (χ4n) is 5.46. The van der Waals surface area contributed by atoms with Crippen molar-refractivity contribution < 1.29 is 14.4 Å². The Balaban J connectivity index is 0.000000338. The number of hydrogen-bond acceptors (Lipinski definition) is 9. The van der Waals surface area contributed by atoms with Gasteiger partial charge in [-0.3, -0.25) is 14.4 Å². The molecule has 2 saturated heterocycles. The average Bonchev–Trinajstić information content (AvgIpc) is 3.54. The predicted molar refractivity (Wildman–Crippen MR) is 186 cm³/mol. The first-order chi connectivity index (χ1) is 21.5. The number of amides is 2. The highest BCUT2D eigenvalue weighted by atomic mass is 16.2. The van der Waals surface area contributed by atoms with Crippen molar-refractivity contribution in [2.45, 2.75) is 123 Å². The lowest BCUT2D eigenvalue weighted by Crippen LogP contribution is -2.42. The third-order valence-electron chi connectivity index (χ3n) is 8.55. The fourth-order valence-corrected chi connectivity index (χ4v) is 5.46. The molecule has 0 aromatic heterocycles. The largest absolute Gasteiger partial charge is 0.355 e. The second-order valence-electron chi connectivity index (χ2n) is 13.8. The van der Waals surface area contributed by atoms with E-state index in [4.69, 9.17) is 5.73 Å². The van der Waals surface area contributed by atoms with Crippen LogP contribution in [0.5, 0.6) is 0 Å². The van der Waals surface area contributed by atoms with Gasteiger partial charge in [-0.15, -0.1) is 0 Å². The molecule has 3 fully saturated rings. The van der Waals surface area contributed by atoms with Crippen LogP contribution in [0.4, 0.5) is 0 Å². The van der Waals surface area contributed by atoms with Crippen LogP contribution in [0, 0.1) is 17.8 Å². The van der Waals surface area contributed by atoms with Crippen molar-refractivity contribution in [2.24, 2.45) is 23.5 Å². The fraction of sp³-hybridized carbons (Fsp3) is 0.912. The summed E-state index contributed by atoms with van der Waals surface area (Å²) in [6.45, 7) is 20.1. The first-order valence-corrected chi connectivity index (χ1v) is 17.9. The van der Waals surface area contributed by atoms with Gasteiger partial charge >= 0.3 is 0 Å². The molecule has 264 valence electrons. The molecule has 9 N–H and O–H groups in total. The Morgan fingerprint density at radius 3 is 1.69 bits per heavy atom. The van der Waals surface area contributed by atoms with Gasteiger partial charge in [0.1, 0.15) is 5.78 Å². The highest BCUT2D eigenvalue weighted by molar-refractivity contribution is 5.80. The van der Waals surface area contributed by atoms with Crippen LogP contribution in [-0.2, 0) is 14.4 Å². The van der Waals surface area contributed by atoms with E-state index >= 15 is 0 Å². The SMILES string of the molecule is CC(C)C(=O)CCCNC1CCNCC1.CC(C)C(=O)NCCNC1CCCC(N)C1.CC(C)C(=O)NCCNC1CCNC1. The molecule has 1 saturated carbocycles. The lowest BCUT2D eigenvalue weighted by Gasteiger charge is -2.27. The zero-order valence-electron chi connectivity index (χ0n) is 29.6. The van der Waals surface area contributed by atoms with Crippen LogP contribution in [0.25, 0.3) is 0 Å². The van der Waals surface area contributed by atoms with Crippen LogP contribution in [0.1, 0.15) is 99.3 Å². The molecule has 45 heavy (non-hydrogen) atoms. The molecular formula is C34H70N8O3. The Kier molecular flexibility index (Phi) is 23.4. The zero-order valence-corrected chi connectivity index (χ0v) is 29.6. The Bertz CT molecular complexity index is 783. The second kappa shape index (κ2) is 25.5. The third kappa shape index (κ3) is 21.7. The Morgan fingerprint density at radius 2 is 1.18 bits per heavy atom. The van der Waals surface area contributed by atoms with Crippen LogP contribution in [0.3, 0.4) is 0 Å². The molecule has 3 atom stereocenters. The minimum Gasteiger partial charge on any atom is -0.355 e. The quantitative estimate of drug-likeness (QED) is 0.118. The van der Waals surface area contributed by atoms with Gasteiger partial charge in [0.25, 0.3) is 0 Å². The first-order valence-electron chi connectivity index (χ1n) is 17.9. The number of ketones is 1. The number of hydrogen-bond donors (Lipinski definition) is 8. The molecule has 3 unspecified atom stereocenters. The normalized spacial score (nSPS) is 22.0. The summed E-state index contributed by atoms with van der Waals surface area (Å²) in [7, 11) is 0. The van der Waals surface area contributed by atoms with E-state index in [1.807, 2.05) is 41.5 Å². The lowest BCUT2D eigenvalue weighted by atomic mass is 9.92. The van der Waals surface area contributed by atoms with Crippen molar-refractivity contribution in [1.82, 2.24) is 37.2 Å². The number of carbonyl (C=O) groups excluding carboxylic acids is 3. The number of nitrogens with one attached hydrogen (secondary N) is 7. The highest BCUT2D eigenvalue weighted by Gasteiger charge is 2.18. The summed E-state index contributed by atoms with van der Waals surface area (Å²) in [6.07, 6.45) is 10.0. The molecule has 0 aromatic rings. The van der Waals surface area contributed by atoms with Gasteiger partial charge in [0.2, 0.25) is 11.8 Å². The first kappa shape index (κ1) is 41.4. The van der Waals surface area contributed by atoms with Crippen LogP contribution >= 0.6 is 0 Å². The standard InChI is InChI=1S/C12H25N3O.C12H24N2O.C10H21N3O/c1-9(2)12(16)15-7-6-14-11-5-3-4-10(13)8-11;1-10(2)12(15)4-3-7-14-11-5-8-13-9-6-11;1-8(2)10(14)13-6-5-12-9-3-4-11-7-9/h9-11,14H,3-8,13H2,1-2H3,(H,15,16);10-11,13-14H,3-9H2,1-2H3;8-9,11-12H,3-7H2,1-2H3,(H,13,14). The Morgan fingerprint density at radius 1 is 0.644 bits per heavy atom. The molecule has 0 spiro atoms. The summed E-state index contributed by atoms with van der Waals surface area (Å²) in [6, 6.07) is 2.16. The molecule has 2 heterocycles. The molecule has 11 nitrogen and oxygen atoms in total. The van der Waals surface area contributed by atoms with Crippen molar-refractivity contribution in [3.05, 3.63) is 0 Å². The molecular weight excluding hydrogens is 568 g/mol. The van der Waals surface area contributed by atoms with Crippen molar-refractivity contribution in [3.8, 4) is 0 Å². The maximum Gasteiger partial charge on any atom is 0.222 e. The van der Waals surface area contributed by atoms with Crippen molar-refractivity contribution in [3.63, 3.8) is 0 Å². The number of carbonyl (C=O) groups is 3. The zero-order chi connectivity index (χ0) is 33.5. The van der Waals surface area contributed by atoms with E-state index in [1.54, 1.807) is 0 Å². The van der Waals surface area contributed by atoms with Gasteiger partial charge < -0.3 is 43.0 Å². The molecule has 3 aliphatic rings. The number of Topliss-reactive ketones (excluding diaryl/α,β-unsaturated/α-hetero) is 1.